The van der Waals surface area contributed by atoms with Crippen LogP contribution in [-0.2, 0) is 0 Å². The van der Waals surface area contributed by atoms with E-state index in [1.165, 1.54) is 6.07 Å². The van der Waals surface area contributed by atoms with E-state index in [1.54, 1.807) is 12.1 Å². The van der Waals surface area contributed by atoms with E-state index in [1.807, 2.05) is 0 Å². The summed E-state index contributed by atoms with van der Waals surface area (Å²) in [6, 6.07) is 5.13. The fourth-order valence-electron chi connectivity index (χ4n) is 2.80. The molecule has 1 saturated heterocycles. The van der Waals surface area contributed by atoms with Gasteiger partial charge in [0.15, 0.2) is 0 Å². The number of halogens is 2. The highest BCUT2D eigenvalue weighted by Crippen LogP contribution is 2.34. The average molecular weight is 285 g/mol. The first-order valence-electron chi connectivity index (χ1n) is 6.98. The van der Waals surface area contributed by atoms with Crippen LogP contribution in [0.25, 0.3) is 0 Å². The molecule has 0 radical (unpaired) electrons. The summed E-state index contributed by atoms with van der Waals surface area (Å²) >= 11 is 6.21. The maximum atomic E-state index is 14.1. The van der Waals surface area contributed by atoms with Crippen LogP contribution in [0.1, 0.15) is 33.6 Å². The minimum Gasteiger partial charge on any atom is -0.362 e. The average Bonchev–Trinajstić information content (AvgIpc) is 2.41. The lowest BCUT2D eigenvalue weighted by Gasteiger charge is -2.47. The molecule has 0 spiro atoms. The molecule has 1 aromatic carbocycles. The number of nitrogens with one attached hydrogen (secondary N) is 1. The number of anilines is 1. The minimum absolute atomic E-state index is 0.0537. The van der Waals surface area contributed by atoms with Gasteiger partial charge in [0.25, 0.3) is 0 Å². The molecule has 1 fully saturated rings. The quantitative estimate of drug-likeness (QED) is 0.907. The molecule has 0 amide bonds. The van der Waals surface area contributed by atoms with Gasteiger partial charge in [0.05, 0.1) is 10.7 Å². The lowest BCUT2D eigenvalue weighted by Crippen LogP contribution is -2.63. The Morgan fingerprint density at radius 1 is 1.42 bits per heavy atom. The monoisotopic (exact) mass is 284 g/mol. The van der Waals surface area contributed by atoms with Crippen LogP contribution in [0.2, 0.25) is 5.02 Å². The van der Waals surface area contributed by atoms with Crippen molar-refractivity contribution in [3.8, 4) is 0 Å². The number of piperazine rings is 1. The molecule has 1 heterocycles. The van der Waals surface area contributed by atoms with Gasteiger partial charge in [0, 0.05) is 24.7 Å². The van der Waals surface area contributed by atoms with Crippen molar-refractivity contribution in [2.24, 2.45) is 0 Å². The van der Waals surface area contributed by atoms with Gasteiger partial charge in [-0.1, -0.05) is 31.5 Å². The van der Waals surface area contributed by atoms with E-state index in [2.05, 4.69) is 31.0 Å². The van der Waals surface area contributed by atoms with Gasteiger partial charge in [0.2, 0.25) is 0 Å². The van der Waals surface area contributed by atoms with Gasteiger partial charge < -0.3 is 10.2 Å². The summed E-state index contributed by atoms with van der Waals surface area (Å²) in [6.45, 7) is 8.10. The molecule has 0 saturated carbocycles. The fourth-order valence-corrected chi connectivity index (χ4v) is 3.07. The summed E-state index contributed by atoms with van der Waals surface area (Å²) in [5.74, 6) is -0.234. The molecule has 2 nitrogen and oxygen atoms in total. The SMILES string of the molecule is CCC1(CC)CN(c2c(F)cccc2Cl)C(C)CN1. The molecule has 0 aliphatic carbocycles. The zero-order chi connectivity index (χ0) is 14.0. The van der Waals surface area contributed by atoms with Gasteiger partial charge in [-0.15, -0.1) is 0 Å². The molecule has 1 N–H and O–H groups in total. The highest BCUT2D eigenvalue weighted by molar-refractivity contribution is 6.33. The molecule has 1 aliphatic heterocycles. The van der Waals surface area contributed by atoms with E-state index in [0.29, 0.717) is 10.7 Å². The standard InChI is InChI=1S/C15H22ClFN2/c1-4-15(5-2)10-19(11(3)9-18-15)14-12(16)7-6-8-13(14)17/h6-8,11,18H,4-5,9-10H2,1-3H3. The topological polar surface area (TPSA) is 15.3 Å². The predicted molar refractivity (Wildman–Crippen MR) is 79.5 cm³/mol. The molecule has 1 aromatic rings. The second-order valence-corrected chi connectivity index (χ2v) is 5.82. The number of benzene rings is 1. The van der Waals surface area contributed by atoms with Gasteiger partial charge in [0.1, 0.15) is 5.82 Å². The van der Waals surface area contributed by atoms with Crippen LogP contribution >= 0.6 is 11.6 Å². The summed E-state index contributed by atoms with van der Waals surface area (Å²) in [6.07, 6.45) is 2.05. The van der Waals surface area contributed by atoms with Crippen molar-refractivity contribution in [2.75, 3.05) is 18.0 Å². The maximum absolute atomic E-state index is 14.1. The van der Waals surface area contributed by atoms with Gasteiger partial charge in [-0.25, -0.2) is 4.39 Å². The zero-order valence-corrected chi connectivity index (χ0v) is 12.6. The van der Waals surface area contributed by atoms with E-state index in [4.69, 9.17) is 11.6 Å². The Kier molecular flexibility index (Phi) is 4.36. The molecule has 1 unspecified atom stereocenters. The van der Waals surface area contributed by atoms with E-state index < -0.39 is 0 Å². The van der Waals surface area contributed by atoms with Gasteiger partial charge in [-0.05, 0) is 31.9 Å². The highest BCUT2D eigenvalue weighted by atomic mass is 35.5. The molecule has 19 heavy (non-hydrogen) atoms. The number of nitrogens with zero attached hydrogens (tertiary/aromatic N) is 1. The Morgan fingerprint density at radius 3 is 2.68 bits per heavy atom. The van der Waals surface area contributed by atoms with Gasteiger partial charge in [-0.3, -0.25) is 0 Å². The summed E-state index contributed by atoms with van der Waals surface area (Å²) in [5.41, 5.74) is 0.599. The Morgan fingerprint density at radius 2 is 2.11 bits per heavy atom. The van der Waals surface area contributed by atoms with E-state index >= 15 is 0 Å². The van der Waals surface area contributed by atoms with Crippen molar-refractivity contribution in [3.63, 3.8) is 0 Å². The first kappa shape index (κ1) is 14.6. The van der Waals surface area contributed by atoms with Crippen molar-refractivity contribution in [1.82, 2.24) is 5.32 Å². The second-order valence-electron chi connectivity index (χ2n) is 5.42. The van der Waals surface area contributed by atoms with Crippen molar-refractivity contribution in [3.05, 3.63) is 29.0 Å². The molecule has 2 rings (SSSR count). The third-order valence-corrected chi connectivity index (χ3v) is 4.66. The van der Waals surface area contributed by atoms with Crippen LogP contribution in [0, 0.1) is 5.82 Å². The lowest BCUT2D eigenvalue weighted by atomic mass is 9.88. The molecular formula is C15H22ClFN2. The molecule has 0 bridgehead atoms. The third-order valence-electron chi connectivity index (χ3n) is 4.36. The minimum atomic E-state index is -0.234. The number of hydrogen-bond acceptors (Lipinski definition) is 2. The third kappa shape index (κ3) is 2.72. The predicted octanol–water partition coefficient (Wildman–Crippen LogP) is 3.84. The first-order valence-corrected chi connectivity index (χ1v) is 7.36. The largest absolute Gasteiger partial charge is 0.362 e. The van der Waals surface area contributed by atoms with E-state index in [-0.39, 0.29) is 17.4 Å². The molecule has 106 valence electrons. The first-order chi connectivity index (χ1) is 9.03. The van der Waals surface area contributed by atoms with Crippen LogP contribution in [0.15, 0.2) is 18.2 Å². The summed E-state index contributed by atoms with van der Waals surface area (Å²) < 4.78 is 14.1. The Hall–Kier alpha value is -0.800. The van der Waals surface area contributed by atoms with Crippen molar-refractivity contribution < 1.29 is 4.39 Å². The van der Waals surface area contributed by atoms with Gasteiger partial charge >= 0.3 is 0 Å². The van der Waals surface area contributed by atoms with Crippen molar-refractivity contribution in [2.45, 2.75) is 45.2 Å². The normalized spacial score (nSPS) is 22.6. The van der Waals surface area contributed by atoms with Crippen LogP contribution < -0.4 is 10.2 Å². The fraction of sp³-hybridized carbons (Fsp3) is 0.600. The van der Waals surface area contributed by atoms with Gasteiger partial charge in [-0.2, -0.15) is 0 Å². The highest BCUT2D eigenvalue weighted by Gasteiger charge is 2.36. The molecule has 1 aliphatic rings. The Labute approximate surface area is 119 Å². The van der Waals surface area contributed by atoms with Crippen LogP contribution in [0.5, 0.6) is 0 Å². The van der Waals surface area contributed by atoms with Crippen molar-refractivity contribution >= 4 is 17.3 Å². The smallest absolute Gasteiger partial charge is 0.148 e. The van der Waals surface area contributed by atoms with E-state index in [0.717, 1.165) is 25.9 Å². The van der Waals surface area contributed by atoms with Crippen LogP contribution in [0.4, 0.5) is 10.1 Å². The number of rotatable bonds is 3. The zero-order valence-electron chi connectivity index (χ0n) is 11.8. The van der Waals surface area contributed by atoms with Crippen molar-refractivity contribution in [1.29, 1.82) is 0 Å². The molecule has 1 atom stereocenters. The lowest BCUT2D eigenvalue weighted by molar-refractivity contribution is 0.252. The maximum Gasteiger partial charge on any atom is 0.148 e. The molecule has 0 aromatic heterocycles. The molecule has 4 heteroatoms. The number of para-hydroxylation sites is 1. The summed E-state index contributed by atoms with van der Waals surface area (Å²) in [7, 11) is 0. The summed E-state index contributed by atoms with van der Waals surface area (Å²) in [5, 5.41) is 4.11. The summed E-state index contributed by atoms with van der Waals surface area (Å²) in [4.78, 5) is 2.11. The van der Waals surface area contributed by atoms with E-state index in [9.17, 15) is 4.39 Å². The second kappa shape index (κ2) is 5.68. The Bertz CT molecular complexity index is 426. The van der Waals surface area contributed by atoms with Crippen LogP contribution in [-0.4, -0.2) is 24.7 Å². The Balaban J connectivity index is 2.36. The van der Waals surface area contributed by atoms with Crippen LogP contribution in [0.3, 0.4) is 0 Å². The number of hydrogen-bond donors (Lipinski definition) is 1. The molecular weight excluding hydrogens is 263 g/mol.